The van der Waals surface area contributed by atoms with Gasteiger partial charge < -0.3 is 5.11 Å². The Morgan fingerprint density at radius 1 is 1.20 bits per heavy atom. The third-order valence-electron chi connectivity index (χ3n) is 4.18. The molecule has 0 saturated heterocycles. The first-order valence-corrected chi connectivity index (χ1v) is 7.04. The van der Waals surface area contributed by atoms with Gasteiger partial charge in [0.15, 0.2) is 0 Å². The van der Waals surface area contributed by atoms with Crippen LogP contribution in [0, 0.1) is 6.92 Å². The van der Waals surface area contributed by atoms with E-state index in [1.54, 1.807) is 0 Å². The topological polar surface area (TPSA) is 37.3 Å². The van der Waals surface area contributed by atoms with E-state index in [1.165, 1.54) is 22.3 Å². The van der Waals surface area contributed by atoms with E-state index in [4.69, 9.17) is 0 Å². The maximum atomic E-state index is 11.3. The number of carboxylic acid groups (broad SMARTS) is 1. The van der Waals surface area contributed by atoms with Crippen molar-refractivity contribution >= 4 is 5.97 Å². The van der Waals surface area contributed by atoms with E-state index in [-0.39, 0.29) is 5.92 Å². The van der Waals surface area contributed by atoms with Crippen LogP contribution in [0.5, 0.6) is 0 Å². The largest absolute Gasteiger partial charge is 0.481 e. The van der Waals surface area contributed by atoms with Gasteiger partial charge in [-0.25, -0.2) is 0 Å². The summed E-state index contributed by atoms with van der Waals surface area (Å²) in [6, 6.07) is 14.6. The van der Waals surface area contributed by atoms with Crippen LogP contribution in [-0.4, -0.2) is 11.1 Å². The molecule has 0 aromatic heterocycles. The van der Waals surface area contributed by atoms with Crippen molar-refractivity contribution < 1.29 is 9.90 Å². The molecule has 2 aromatic rings. The standard InChI is InChI=1S/C18H18O2/c1-12-5-7-13(8-6-12)11-14-3-2-4-16-15(14)9-10-17(16)18(19)20/h2-8,17H,9-11H2,1H3,(H,19,20). The number of rotatable bonds is 3. The van der Waals surface area contributed by atoms with Gasteiger partial charge >= 0.3 is 5.97 Å². The second kappa shape index (κ2) is 5.12. The zero-order chi connectivity index (χ0) is 14.1. The molecule has 20 heavy (non-hydrogen) atoms. The first-order valence-electron chi connectivity index (χ1n) is 7.04. The van der Waals surface area contributed by atoms with E-state index < -0.39 is 5.97 Å². The Kier molecular flexibility index (Phi) is 3.31. The monoisotopic (exact) mass is 266 g/mol. The molecule has 2 aromatic carbocycles. The molecule has 0 spiro atoms. The summed E-state index contributed by atoms with van der Waals surface area (Å²) in [5.41, 5.74) is 6.08. The minimum atomic E-state index is -0.698. The molecule has 0 bridgehead atoms. The van der Waals surface area contributed by atoms with Crippen LogP contribution < -0.4 is 0 Å². The average molecular weight is 266 g/mol. The smallest absolute Gasteiger partial charge is 0.310 e. The SMILES string of the molecule is Cc1ccc(Cc2cccc3c2CCC3C(=O)O)cc1. The van der Waals surface area contributed by atoms with Gasteiger partial charge in [0.1, 0.15) is 0 Å². The van der Waals surface area contributed by atoms with E-state index in [1.807, 2.05) is 12.1 Å². The van der Waals surface area contributed by atoms with Crippen LogP contribution >= 0.6 is 0 Å². The van der Waals surface area contributed by atoms with Crippen molar-refractivity contribution in [3.63, 3.8) is 0 Å². The molecule has 102 valence electrons. The van der Waals surface area contributed by atoms with Gasteiger partial charge in [0.05, 0.1) is 5.92 Å². The lowest BCUT2D eigenvalue weighted by molar-refractivity contribution is -0.138. The van der Waals surface area contributed by atoms with Crippen LogP contribution in [0.25, 0.3) is 0 Å². The van der Waals surface area contributed by atoms with Crippen molar-refractivity contribution in [1.29, 1.82) is 0 Å². The summed E-state index contributed by atoms with van der Waals surface area (Å²) in [5, 5.41) is 9.27. The van der Waals surface area contributed by atoms with Gasteiger partial charge in [-0.05, 0) is 48.4 Å². The van der Waals surface area contributed by atoms with Crippen LogP contribution in [0.2, 0.25) is 0 Å². The lowest BCUT2D eigenvalue weighted by Gasteiger charge is -2.10. The molecule has 3 rings (SSSR count). The summed E-state index contributed by atoms with van der Waals surface area (Å²) in [5.74, 6) is -1.01. The normalized spacial score (nSPS) is 16.9. The molecule has 1 aliphatic carbocycles. The van der Waals surface area contributed by atoms with Crippen LogP contribution in [0.4, 0.5) is 0 Å². The van der Waals surface area contributed by atoms with Gasteiger partial charge in [-0.3, -0.25) is 4.79 Å². The number of benzene rings is 2. The quantitative estimate of drug-likeness (QED) is 0.919. The number of carboxylic acids is 1. The fraction of sp³-hybridized carbons (Fsp3) is 0.278. The summed E-state index contributed by atoms with van der Waals surface area (Å²) in [7, 11) is 0. The van der Waals surface area contributed by atoms with Gasteiger partial charge in [0, 0.05) is 0 Å². The van der Waals surface area contributed by atoms with Gasteiger partial charge in [0.2, 0.25) is 0 Å². The van der Waals surface area contributed by atoms with E-state index in [2.05, 4.69) is 37.3 Å². The first-order chi connectivity index (χ1) is 9.65. The van der Waals surface area contributed by atoms with Crippen molar-refractivity contribution in [2.24, 2.45) is 0 Å². The maximum absolute atomic E-state index is 11.3. The highest BCUT2D eigenvalue weighted by molar-refractivity contribution is 5.78. The molecule has 0 heterocycles. The Labute approximate surface area is 119 Å². The molecule has 1 atom stereocenters. The lowest BCUT2D eigenvalue weighted by atomic mass is 9.95. The van der Waals surface area contributed by atoms with E-state index in [9.17, 15) is 9.90 Å². The summed E-state index contributed by atoms with van der Waals surface area (Å²) < 4.78 is 0. The number of hydrogen-bond acceptors (Lipinski definition) is 1. The number of fused-ring (bicyclic) bond motifs is 1. The second-order valence-electron chi connectivity index (χ2n) is 5.58. The van der Waals surface area contributed by atoms with Crippen molar-refractivity contribution in [2.75, 3.05) is 0 Å². The van der Waals surface area contributed by atoms with Crippen molar-refractivity contribution in [3.8, 4) is 0 Å². The Balaban J connectivity index is 1.92. The third kappa shape index (κ3) is 2.34. The van der Waals surface area contributed by atoms with Crippen LogP contribution in [0.1, 0.15) is 40.2 Å². The predicted octanol–water partition coefficient (Wildman–Crippen LogP) is 3.70. The first kappa shape index (κ1) is 12.9. The van der Waals surface area contributed by atoms with Crippen molar-refractivity contribution in [2.45, 2.75) is 32.1 Å². The maximum Gasteiger partial charge on any atom is 0.310 e. The van der Waals surface area contributed by atoms with Crippen molar-refractivity contribution in [3.05, 3.63) is 70.3 Å². The average Bonchev–Trinajstić information content (AvgIpc) is 2.86. The second-order valence-corrected chi connectivity index (χ2v) is 5.58. The van der Waals surface area contributed by atoms with Gasteiger partial charge in [-0.2, -0.15) is 0 Å². The zero-order valence-electron chi connectivity index (χ0n) is 11.6. The molecule has 1 aliphatic rings. The Morgan fingerprint density at radius 2 is 1.95 bits per heavy atom. The number of carbonyl (C=O) groups is 1. The van der Waals surface area contributed by atoms with Gasteiger partial charge in [0.25, 0.3) is 0 Å². The number of aliphatic carboxylic acids is 1. The highest BCUT2D eigenvalue weighted by Gasteiger charge is 2.29. The molecule has 2 nitrogen and oxygen atoms in total. The molecule has 1 N–H and O–H groups in total. The molecule has 0 aliphatic heterocycles. The summed E-state index contributed by atoms with van der Waals surface area (Å²) in [6.45, 7) is 2.08. The highest BCUT2D eigenvalue weighted by atomic mass is 16.4. The number of aryl methyl sites for hydroxylation is 1. The van der Waals surface area contributed by atoms with Gasteiger partial charge in [-0.15, -0.1) is 0 Å². The van der Waals surface area contributed by atoms with E-state index >= 15 is 0 Å². The Bertz CT molecular complexity index is 641. The predicted molar refractivity (Wildman–Crippen MR) is 79.1 cm³/mol. The summed E-state index contributed by atoms with van der Waals surface area (Å²) in [6.07, 6.45) is 2.50. The summed E-state index contributed by atoms with van der Waals surface area (Å²) >= 11 is 0. The van der Waals surface area contributed by atoms with Crippen molar-refractivity contribution in [1.82, 2.24) is 0 Å². The fourth-order valence-corrected chi connectivity index (χ4v) is 3.08. The van der Waals surface area contributed by atoms with Gasteiger partial charge in [-0.1, -0.05) is 48.0 Å². The molecule has 0 amide bonds. The molecule has 2 heteroatoms. The summed E-state index contributed by atoms with van der Waals surface area (Å²) in [4.78, 5) is 11.3. The van der Waals surface area contributed by atoms with E-state index in [0.717, 1.165) is 24.8 Å². The molecule has 1 unspecified atom stereocenters. The molecule has 0 fully saturated rings. The minimum Gasteiger partial charge on any atom is -0.481 e. The lowest BCUT2D eigenvalue weighted by Crippen LogP contribution is -2.07. The van der Waals surface area contributed by atoms with Crippen LogP contribution in [0.15, 0.2) is 42.5 Å². The Morgan fingerprint density at radius 3 is 2.65 bits per heavy atom. The zero-order valence-corrected chi connectivity index (χ0v) is 11.6. The van der Waals surface area contributed by atoms with E-state index in [0.29, 0.717) is 0 Å². The minimum absolute atomic E-state index is 0.317. The molecular formula is C18H18O2. The highest BCUT2D eigenvalue weighted by Crippen LogP contribution is 2.35. The Hall–Kier alpha value is -2.09. The molecule has 0 radical (unpaired) electrons. The fourth-order valence-electron chi connectivity index (χ4n) is 3.08. The number of hydrogen-bond donors (Lipinski definition) is 1. The van der Waals surface area contributed by atoms with Crippen LogP contribution in [-0.2, 0) is 17.6 Å². The van der Waals surface area contributed by atoms with Crippen LogP contribution in [0.3, 0.4) is 0 Å². The third-order valence-corrected chi connectivity index (χ3v) is 4.18. The molecule has 0 saturated carbocycles. The molecular weight excluding hydrogens is 248 g/mol.